The Morgan fingerprint density at radius 2 is 1.44 bits per heavy atom. The minimum absolute atomic E-state index is 0.146. The van der Waals surface area contributed by atoms with Gasteiger partial charge in [0, 0.05) is 7.05 Å². The zero-order valence-corrected chi connectivity index (χ0v) is 22.0. The third kappa shape index (κ3) is 3.77. The van der Waals surface area contributed by atoms with Gasteiger partial charge < -0.3 is 4.90 Å². The molecule has 1 fully saturated rings. The summed E-state index contributed by atoms with van der Waals surface area (Å²) in [5, 5.41) is 0. The quantitative estimate of drug-likeness (QED) is 0.486. The topological polar surface area (TPSA) is 40.6 Å². The second-order valence-electron chi connectivity index (χ2n) is 11.9. The van der Waals surface area contributed by atoms with Crippen molar-refractivity contribution in [2.45, 2.75) is 84.2 Å². The van der Waals surface area contributed by atoms with Crippen molar-refractivity contribution in [3.8, 4) is 0 Å². The normalized spacial score (nSPS) is 20.5. The molecular formula is C30H38N2O2. The minimum Gasteiger partial charge on any atom is -0.313 e. The maximum Gasteiger partial charge on any atom is 0.327 e. The summed E-state index contributed by atoms with van der Waals surface area (Å²) in [7, 11) is 1.68. The third-order valence-corrected chi connectivity index (χ3v) is 8.29. The number of aryl methyl sites for hydroxylation is 1. The Morgan fingerprint density at radius 3 is 1.94 bits per heavy atom. The molecule has 2 aromatic carbocycles. The first-order valence-corrected chi connectivity index (χ1v) is 12.2. The van der Waals surface area contributed by atoms with Crippen molar-refractivity contribution >= 4 is 17.5 Å². The third-order valence-electron chi connectivity index (χ3n) is 8.29. The number of imide groups is 1. The summed E-state index contributed by atoms with van der Waals surface area (Å²) in [5.41, 5.74) is 7.82. The lowest BCUT2D eigenvalue weighted by Gasteiger charge is -2.42. The van der Waals surface area contributed by atoms with E-state index in [1.54, 1.807) is 20.9 Å². The summed E-state index contributed by atoms with van der Waals surface area (Å²) in [6.07, 6.45) is 2.37. The molecule has 180 valence electrons. The molecule has 2 aliphatic rings. The predicted octanol–water partition coefficient (Wildman–Crippen LogP) is 6.58. The number of urea groups is 1. The fourth-order valence-electron chi connectivity index (χ4n) is 5.32. The van der Waals surface area contributed by atoms with Crippen LogP contribution in [0.25, 0.3) is 5.57 Å². The molecule has 3 amide bonds. The first-order chi connectivity index (χ1) is 15.7. The van der Waals surface area contributed by atoms with Crippen molar-refractivity contribution in [1.29, 1.82) is 0 Å². The summed E-state index contributed by atoms with van der Waals surface area (Å²) in [4.78, 5) is 28.1. The summed E-state index contributed by atoms with van der Waals surface area (Å²) >= 11 is 0. The zero-order chi connectivity index (χ0) is 25.2. The molecule has 34 heavy (non-hydrogen) atoms. The van der Waals surface area contributed by atoms with Crippen molar-refractivity contribution in [1.82, 2.24) is 9.80 Å². The van der Waals surface area contributed by atoms with Crippen LogP contribution in [0.2, 0.25) is 0 Å². The largest absolute Gasteiger partial charge is 0.327 e. The number of benzene rings is 2. The van der Waals surface area contributed by atoms with Crippen LogP contribution in [0.5, 0.6) is 0 Å². The fraction of sp³-hybridized carbons (Fsp3) is 0.467. The van der Waals surface area contributed by atoms with E-state index in [2.05, 4.69) is 53.3 Å². The van der Waals surface area contributed by atoms with E-state index in [-0.39, 0.29) is 29.3 Å². The average Bonchev–Trinajstić information content (AvgIpc) is 2.91. The molecule has 0 unspecified atom stereocenters. The van der Waals surface area contributed by atoms with Crippen molar-refractivity contribution < 1.29 is 9.59 Å². The van der Waals surface area contributed by atoms with Gasteiger partial charge in [-0.25, -0.2) is 4.79 Å². The lowest BCUT2D eigenvalue weighted by molar-refractivity contribution is -0.132. The molecule has 0 radical (unpaired) electrons. The van der Waals surface area contributed by atoms with E-state index in [0.717, 1.165) is 16.7 Å². The van der Waals surface area contributed by atoms with Crippen molar-refractivity contribution in [2.24, 2.45) is 0 Å². The summed E-state index contributed by atoms with van der Waals surface area (Å²) in [6.45, 7) is 19.9. The van der Waals surface area contributed by atoms with Gasteiger partial charge in [-0.3, -0.25) is 9.69 Å². The van der Waals surface area contributed by atoms with Crippen molar-refractivity contribution in [2.75, 3.05) is 7.05 Å². The molecule has 1 heterocycles. The van der Waals surface area contributed by atoms with Crippen molar-refractivity contribution in [3.63, 3.8) is 0 Å². The van der Waals surface area contributed by atoms with E-state index in [1.807, 2.05) is 24.3 Å². The van der Waals surface area contributed by atoms with Crippen LogP contribution in [-0.2, 0) is 22.2 Å². The second-order valence-corrected chi connectivity index (χ2v) is 11.9. The number of fused-ring (bicyclic) bond motifs is 1. The Hall–Kier alpha value is -2.88. The lowest BCUT2D eigenvalue weighted by Crippen LogP contribution is -2.41. The summed E-state index contributed by atoms with van der Waals surface area (Å²) in [6, 6.07) is 12.6. The van der Waals surface area contributed by atoms with E-state index in [0.29, 0.717) is 0 Å². The highest BCUT2D eigenvalue weighted by molar-refractivity contribution is 6.06. The number of amides is 3. The van der Waals surface area contributed by atoms with Gasteiger partial charge in [-0.15, -0.1) is 0 Å². The van der Waals surface area contributed by atoms with E-state index in [4.69, 9.17) is 0 Å². The van der Waals surface area contributed by atoms with Gasteiger partial charge >= 0.3 is 6.03 Å². The molecule has 0 saturated carbocycles. The van der Waals surface area contributed by atoms with Crippen LogP contribution >= 0.6 is 0 Å². The lowest BCUT2D eigenvalue weighted by atomic mass is 9.62. The molecule has 0 N–H and O–H groups in total. The summed E-state index contributed by atoms with van der Waals surface area (Å²) < 4.78 is 0. The molecule has 0 spiro atoms. The van der Waals surface area contributed by atoms with Gasteiger partial charge in [0.25, 0.3) is 5.91 Å². The van der Waals surface area contributed by atoms with Gasteiger partial charge in [0.15, 0.2) is 0 Å². The molecule has 1 saturated heterocycles. The Bertz CT molecular complexity index is 1190. The van der Waals surface area contributed by atoms with E-state index >= 15 is 0 Å². The van der Waals surface area contributed by atoms with Gasteiger partial charge in [0.1, 0.15) is 5.54 Å². The second kappa shape index (κ2) is 7.83. The number of likely N-dealkylation sites (N-methyl/N-ethyl adjacent to an activating group) is 1. The number of nitrogens with zero attached hydrogens (tertiary/aromatic N) is 2. The first-order valence-electron chi connectivity index (χ1n) is 12.2. The molecule has 0 bridgehead atoms. The number of carbonyl (C=O) groups is 2. The minimum atomic E-state index is -0.808. The monoisotopic (exact) mass is 458 g/mol. The van der Waals surface area contributed by atoms with Gasteiger partial charge in [0.05, 0.1) is 6.54 Å². The highest BCUT2D eigenvalue weighted by atomic mass is 16.2. The summed E-state index contributed by atoms with van der Waals surface area (Å²) in [5.74, 6) is -0.163. The van der Waals surface area contributed by atoms with Crippen LogP contribution in [-0.4, -0.2) is 34.3 Å². The highest BCUT2D eigenvalue weighted by Crippen LogP contribution is 2.47. The average molecular weight is 459 g/mol. The van der Waals surface area contributed by atoms with Gasteiger partial charge in [-0.2, -0.15) is 0 Å². The number of hydrogen-bond acceptors (Lipinski definition) is 2. The van der Waals surface area contributed by atoms with Gasteiger partial charge in [-0.05, 0) is 83.4 Å². The Kier molecular flexibility index (Phi) is 5.58. The molecule has 0 atom stereocenters. The molecule has 2 aromatic rings. The number of hydrogen-bond donors (Lipinski definition) is 0. The molecule has 1 aliphatic heterocycles. The van der Waals surface area contributed by atoms with Crippen LogP contribution in [0.4, 0.5) is 4.79 Å². The molecule has 1 aliphatic carbocycles. The molecule has 4 heteroatoms. The molecule has 4 nitrogen and oxygen atoms in total. The van der Waals surface area contributed by atoms with E-state index in [1.165, 1.54) is 44.9 Å². The van der Waals surface area contributed by atoms with Crippen LogP contribution in [0.15, 0.2) is 43.0 Å². The van der Waals surface area contributed by atoms with Crippen LogP contribution in [0.3, 0.4) is 0 Å². The number of rotatable bonds is 4. The highest BCUT2D eigenvalue weighted by Gasteiger charge is 2.49. The van der Waals surface area contributed by atoms with E-state index < -0.39 is 5.54 Å². The van der Waals surface area contributed by atoms with E-state index in [9.17, 15) is 9.59 Å². The SMILES string of the molecule is C=C(c1ccc(CN2C(=O)N(C)C(C)(C)C2=O)cc1)c1cc2c(cc1C)C(C)(C)CCC2(C)C. The molecule has 4 rings (SSSR count). The maximum atomic E-state index is 12.7. The van der Waals surface area contributed by atoms with Gasteiger partial charge in [-0.1, -0.05) is 70.7 Å². The standard InChI is InChI=1S/C30H38N2O2/c1-19-16-24-25(29(5,6)15-14-28(24,3)4)17-23(19)20(2)22-12-10-21(11-13-22)18-32-26(33)30(7,8)31(9)27(32)34/h10-13,16-17H,2,14-15,18H2,1,3-9H3. The van der Waals surface area contributed by atoms with Crippen LogP contribution in [0, 0.1) is 6.92 Å². The predicted molar refractivity (Wildman–Crippen MR) is 139 cm³/mol. The van der Waals surface area contributed by atoms with Crippen LogP contribution in [0.1, 0.15) is 87.8 Å². The number of carbonyl (C=O) groups excluding carboxylic acids is 2. The first kappa shape index (κ1) is 24.3. The smallest absolute Gasteiger partial charge is 0.313 e. The Morgan fingerprint density at radius 1 is 0.912 bits per heavy atom. The molecular weight excluding hydrogens is 420 g/mol. The zero-order valence-electron chi connectivity index (χ0n) is 22.0. The van der Waals surface area contributed by atoms with Crippen LogP contribution < -0.4 is 0 Å². The van der Waals surface area contributed by atoms with Crippen molar-refractivity contribution in [3.05, 3.63) is 76.4 Å². The fourth-order valence-corrected chi connectivity index (χ4v) is 5.32. The molecule has 0 aromatic heterocycles. The Balaban J connectivity index is 1.61. The maximum absolute atomic E-state index is 12.7. The van der Waals surface area contributed by atoms with Gasteiger partial charge in [0.2, 0.25) is 0 Å². The Labute approximate surface area is 204 Å².